The zero-order valence-corrected chi connectivity index (χ0v) is 9.00. The van der Waals surface area contributed by atoms with Gasteiger partial charge in [0.15, 0.2) is 0 Å². The second-order valence-corrected chi connectivity index (χ2v) is 3.60. The van der Waals surface area contributed by atoms with Crippen LogP contribution < -0.4 is 0 Å². The van der Waals surface area contributed by atoms with E-state index in [4.69, 9.17) is 0 Å². The average Bonchev–Trinajstić information content (AvgIpc) is 2.54. The summed E-state index contributed by atoms with van der Waals surface area (Å²) in [4.78, 5) is 0. The lowest BCUT2D eigenvalue weighted by Crippen LogP contribution is -1.98. The van der Waals surface area contributed by atoms with E-state index >= 15 is 0 Å². The summed E-state index contributed by atoms with van der Waals surface area (Å²) in [6.07, 6.45) is 6.64. The highest BCUT2D eigenvalue weighted by Crippen LogP contribution is 2.00. The van der Waals surface area contributed by atoms with Crippen LogP contribution in [0.1, 0.15) is 31.9 Å². The molecule has 1 heterocycles. The summed E-state index contributed by atoms with van der Waals surface area (Å²) in [6, 6.07) is 0. The largest absolute Gasteiger partial charge is 0.252 e. The van der Waals surface area contributed by atoms with Crippen LogP contribution in [0.2, 0.25) is 0 Å². The van der Waals surface area contributed by atoms with Gasteiger partial charge in [0.2, 0.25) is 0 Å². The van der Waals surface area contributed by atoms with Crippen LogP contribution in [0.4, 0.5) is 0 Å². The molecule has 0 amide bonds. The van der Waals surface area contributed by atoms with Gasteiger partial charge in [-0.05, 0) is 12.2 Å². The van der Waals surface area contributed by atoms with E-state index in [2.05, 4.69) is 29.9 Å². The summed E-state index contributed by atoms with van der Waals surface area (Å²) in [7, 11) is 0. The van der Waals surface area contributed by atoms with Crippen LogP contribution in [0, 0.1) is 0 Å². The molecule has 0 saturated heterocycles. The minimum Gasteiger partial charge on any atom is -0.252 e. The number of rotatable bonds is 6. The zero-order chi connectivity index (χ0) is 9.52. The fraction of sp³-hybridized carbons (Fsp3) is 0.778. The Morgan fingerprint density at radius 1 is 1.46 bits per heavy atom. The van der Waals surface area contributed by atoms with E-state index in [0.29, 0.717) is 0 Å². The summed E-state index contributed by atoms with van der Waals surface area (Å²) in [5, 5.41) is 8.09. The van der Waals surface area contributed by atoms with Gasteiger partial charge in [0, 0.05) is 19.2 Å². The molecule has 0 aliphatic rings. The number of aromatic nitrogens is 3. The van der Waals surface area contributed by atoms with Crippen LogP contribution in [0.25, 0.3) is 0 Å². The van der Waals surface area contributed by atoms with Crippen LogP contribution in [0.5, 0.6) is 0 Å². The van der Waals surface area contributed by atoms with E-state index in [1.165, 1.54) is 19.3 Å². The Bertz CT molecular complexity index is 235. The number of nitrogens with zero attached hydrogens (tertiary/aromatic N) is 3. The molecule has 0 aliphatic heterocycles. The van der Waals surface area contributed by atoms with Crippen molar-refractivity contribution in [1.82, 2.24) is 15.0 Å². The van der Waals surface area contributed by atoms with Crippen molar-refractivity contribution in [2.24, 2.45) is 0 Å². The van der Waals surface area contributed by atoms with E-state index in [1.54, 1.807) is 0 Å². The van der Waals surface area contributed by atoms with Crippen molar-refractivity contribution in [3.8, 4) is 0 Å². The molecule has 0 saturated carbocycles. The van der Waals surface area contributed by atoms with Crippen molar-refractivity contribution in [2.75, 3.05) is 5.75 Å². The lowest BCUT2D eigenvalue weighted by molar-refractivity contribution is 0.537. The summed E-state index contributed by atoms with van der Waals surface area (Å²) >= 11 is 4.15. The normalized spacial score (nSPS) is 10.6. The van der Waals surface area contributed by atoms with E-state index in [9.17, 15) is 0 Å². The molecule has 0 unspecified atom stereocenters. The summed E-state index contributed by atoms with van der Waals surface area (Å²) in [6.45, 7) is 3.20. The number of hydrogen-bond donors (Lipinski definition) is 1. The Morgan fingerprint density at radius 3 is 3.00 bits per heavy atom. The molecule has 0 bridgehead atoms. The predicted molar refractivity (Wildman–Crippen MR) is 57.1 cm³/mol. The van der Waals surface area contributed by atoms with Crippen molar-refractivity contribution >= 4 is 12.6 Å². The quantitative estimate of drug-likeness (QED) is 0.560. The first-order valence-electron chi connectivity index (χ1n) is 4.86. The van der Waals surface area contributed by atoms with Crippen LogP contribution in [0.15, 0.2) is 6.20 Å². The lowest BCUT2D eigenvalue weighted by Gasteiger charge is -1.97. The number of thiol groups is 1. The van der Waals surface area contributed by atoms with Crippen LogP contribution >= 0.6 is 12.6 Å². The number of unbranched alkanes of at least 4 members (excludes halogenated alkanes) is 2. The Hall–Kier alpha value is -0.510. The third-order valence-corrected chi connectivity index (χ3v) is 2.17. The van der Waals surface area contributed by atoms with Crippen LogP contribution in [0.3, 0.4) is 0 Å². The van der Waals surface area contributed by atoms with Gasteiger partial charge in [-0.2, -0.15) is 12.6 Å². The van der Waals surface area contributed by atoms with Gasteiger partial charge in [0.25, 0.3) is 0 Å². The van der Waals surface area contributed by atoms with Gasteiger partial charge in [-0.25, -0.2) is 0 Å². The molecule has 0 fully saturated rings. The SMILES string of the molecule is CCCCCn1cc(CCS)nn1. The molecular formula is C9H17N3S. The average molecular weight is 199 g/mol. The molecule has 4 heteroatoms. The maximum absolute atomic E-state index is 4.15. The van der Waals surface area contributed by atoms with E-state index in [1.807, 2.05) is 10.9 Å². The maximum Gasteiger partial charge on any atom is 0.0835 e. The molecule has 3 nitrogen and oxygen atoms in total. The Labute approximate surface area is 84.9 Å². The Balaban J connectivity index is 2.31. The van der Waals surface area contributed by atoms with Crippen molar-refractivity contribution in [1.29, 1.82) is 0 Å². The van der Waals surface area contributed by atoms with Crippen LogP contribution in [-0.2, 0) is 13.0 Å². The molecule has 0 spiro atoms. The van der Waals surface area contributed by atoms with Gasteiger partial charge in [0.05, 0.1) is 5.69 Å². The lowest BCUT2D eigenvalue weighted by atomic mass is 10.2. The Morgan fingerprint density at radius 2 is 2.31 bits per heavy atom. The third kappa shape index (κ3) is 3.81. The molecule has 0 atom stereocenters. The molecule has 0 N–H and O–H groups in total. The topological polar surface area (TPSA) is 30.7 Å². The molecule has 1 aromatic heterocycles. The van der Waals surface area contributed by atoms with E-state index < -0.39 is 0 Å². The third-order valence-electron chi connectivity index (χ3n) is 1.94. The van der Waals surface area contributed by atoms with Crippen molar-refractivity contribution in [2.45, 2.75) is 39.2 Å². The summed E-state index contributed by atoms with van der Waals surface area (Å²) < 4.78 is 1.93. The first kappa shape index (κ1) is 10.6. The first-order chi connectivity index (χ1) is 6.36. The van der Waals surface area contributed by atoms with Gasteiger partial charge in [-0.1, -0.05) is 25.0 Å². The molecular weight excluding hydrogens is 182 g/mol. The van der Waals surface area contributed by atoms with E-state index in [-0.39, 0.29) is 0 Å². The van der Waals surface area contributed by atoms with Gasteiger partial charge in [-0.15, -0.1) is 5.10 Å². The van der Waals surface area contributed by atoms with E-state index in [0.717, 1.165) is 24.4 Å². The smallest absolute Gasteiger partial charge is 0.0835 e. The van der Waals surface area contributed by atoms with Gasteiger partial charge >= 0.3 is 0 Å². The minimum absolute atomic E-state index is 0.841. The molecule has 1 aromatic rings. The zero-order valence-electron chi connectivity index (χ0n) is 8.11. The Kier molecular flexibility index (Phi) is 4.90. The predicted octanol–water partition coefficient (Wildman–Crippen LogP) is 1.94. The monoisotopic (exact) mass is 199 g/mol. The highest BCUT2D eigenvalue weighted by molar-refractivity contribution is 7.80. The molecule has 1 rings (SSSR count). The molecule has 74 valence electrons. The van der Waals surface area contributed by atoms with Gasteiger partial charge < -0.3 is 0 Å². The first-order valence-corrected chi connectivity index (χ1v) is 5.50. The maximum atomic E-state index is 4.15. The highest BCUT2D eigenvalue weighted by atomic mass is 32.1. The second-order valence-electron chi connectivity index (χ2n) is 3.15. The van der Waals surface area contributed by atoms with Crippen molar-refractivity contribution < 1.29 is 0 Å². The standard InChI is InChI=1S/C9H17N3S/c1-2-3-4-6-12-8-9(5-7-13)10-11-12/h8,13H,2-7H2,1H3. The minimum atomic E-state index is 0.841. The van der Waals surface area contributed by atoms with Gasteiger partial charge in [0.1, 0.15) is 0 Å². The molecule has 0 aliphatic carbocycles. The van der Waals surface area contributed by atoms with Crippen LogP contribution in [-0.4, -0.2) is 20.7 Å². The van der Waals surface area contributed by atoms with Gasteiger partial charge in [-0.3, -0.25) is 4.68 Å². The number of hydrogen-bond acceptors (Lipinski definition) is 3. The molecule has 13 heavy (non-hydrogen) atoms. The fourth-order valence-electron chi connectivity index (χ4n) is 1.20. The van der Waals surface area contributed by atoms with Crippen molar-refractivity contribution in [3.05, 3.63) is 11.9 Å². The molecule has 0 radical (unpaired) electrons. The summed E-state index contributed by atoms with van der Waals surface area (Å²) in [5.74, 6) is 0.841. The number of aryl methyl sites for hydroxylation is 2. The highest BCUT2D eigenvalue weighted by Gasteiger charge is 1.98. The fourth-order valence-corrected chi connectivity index (χ4v) is 1.43. The summed E-state index contributed by atoms with van der Waals surface area (Å²) in [5.41, 5.74) is 1.05. The second kappa shape index (κ2) is 6.02. The molecule has 0 aromatic carbocycles. The van der Waals surface area contributed by atoms with Crippen molar-refractivity contribution in [3.63, 3.8) is 0 Å².